The summed E-state index contributed by atoms with van der Waals surface area (Å²) in [5, 5.41) is 29.8. The zero-order valence-electron chi connectivity index (χ0n) is 21.1. The second kappa shape index (κ2) is 11.1. The van der Waals surface area contributed by atoms with Crippen molar-refractivity contribution in [1.82, 2.24) is 30.2 Å². The molecule has 1 aliphatic carbocycles. The van der Waals surface area contributed by atoms with Crippen molar-refractivity contribution in [1.29, 1.82) is 0 Å². The van der Waals surface area contributed by atoms with Crippen molar-refractivity contribution in [2.75, 3.05) is 5.32 Å². The molecule has 0 bridgehead atoms. The zero-order valence-corrected chi connectivity index (χ0v) is 21.9. The van der Waals surface area contributed by atoms with Gasteiger partial charge in [0.1, 0.15) is 17.3 Å². The molecule has 0 amide bonds. The first kappa shape index (κ1) is 25.6. The highest BCUT2D eigenvalue weighted by Crippen LogP contribution is 2.31. The number of hydrogen-bond donors (Lipinski definition) is 2. The number of pyridine rings is 1. The molecule has 0 radical (unpaired) electrons. The molecule has 10 nitrogen and oxygen atoms in total. The summed E-state index contributed by atoms with van der Waals surface area (Å²) < 4.78 is 7.84. The summed E-state index contributed by atoms with van der Waals surface area (Å²) in [6, 6.07) is 15.4. The molecule has 0 saturated heterocycles. The van der Waals surface area contributed by atoms with E-state index >= 15 is 0 Å². The van der Waals surface area contributed by atoms with Crippen LogP contribution in [0.4, 0.5) is 5.82 Å². The van der Waals surface area contributed by atoms with Crippen molar-refractivity contribution in [2.24, 2.45) is 13.0 Å². The van der Waals surface area contributed by atoms with Crippen LogP contribution in [-0.2, 0) is 18.4 Å². The van der Waals surface area contributed by atoms with Gasteiger partial charge in [-0.15, -0.1) is 15.3 Å². The van der Waals surface area contributed by atoms with Gasteiger partial charge in [0, 0.05) is 12.6 Å². The highest BCUT2D eigenvalue weighted by atomic mass is 35.5. The fourth-order valence-corrected chi connectivity index (χ4v) is 4.89. The third-order valence-corrected chi connectivity index (χ3v) is 7.04. The standard InChI is InChI=1S/C27H28ClN7O3/c1-16-23(38-19-10-6-9-18(13-19)27(36)37)12-11-21(30-16)25-22(35(2)34-32-25)15-29-24-14-20(26(28)33-31-24)17-7-4-3-5-8-17/h3-5,7-8,11-12,14,18-19H,6,9-10,13,15H2,1-2H3,(H,29,31)(H,36,37)/t18-,19-/m0/s1. The first-order valence-corrected chi connectivity index (χ1v) is 12.9. The van der Waals surface area contributed by atoms with Crippen LogP contribution in [0.3, 0.4) is 0 Å². The van der Waals surface area contributed by atoms with E-state index in [-0.39, 0.29) is 12.0 Å². The Labute approximate surface area is 225 Å². The molecule has 4 aromatic rings. The maximum Gasteiger partial charge on any atom is 0.306 e. The quantitative estimate of drug-likeness (QED) is 0.324. The number of rotatable bonds is 8. The van der Waals surface area contributed by atoms with Crippen LogP contribution < -0.4 is 10.1 Å². The van der Waals surface area contributed by atoms with E-state index in [1.165, 1.54) is 0 Å². The van der Waals surface area contributed by atoms with Crippen molar-refractivity contribution in [3.05, 3.63) is 65.1 Å². The van der Waals surface area contributed by atoms with Crippen LogP contribution in [0.15, 0.2) is 48.5 Å². The maximum absolute atomic E-state index is 11.4. The average Bonchev–Trinajstić information content (AvgIpc) is 3.30. The van der Waals surface area contributed by atoms with Gasteiger partial charge >= 0.3 is 5.97 Å². The molecule has 1 aromatic carbocycles. The second-order valence-corrected chi connectivity index (χ2v) is 9.74. The van der Waals surface area contributed by atoms with Crippen molar-refractivity contribution < 1.29 is 14.6 Å². The predicted molar refractivity (Wildman–Crippen MR) is 143 cm³/mol. The lowest BCUT2D eigenvalue weighted by Crippen LogP contribution is -2.29. The molecular formula is C27H28ClN7O3. The summed E-state index contributed by atoms with van der Waals surface area (Å²) in [5.74, 6) is 0.108. The molecule has 0 aliphatic heterocycles. The number of halogens is 1. The number of carbonyl (C=O) groups is 1. The number of carboxylic acid groups (broad SMARTS) is 1. The van der Waals surface area contributed by atoms with Crippen LogP contribution >= 0.6 is 11.6 Å². The minimum absolute atomic E-state index is 0.131. The Bertz CT molecular complexity index is 1440. The summed E-state index contributed by atoms with van der Waals surface area (Å²) in [5.41, 5.74) is 4.57. The number of nitrogens with one attached hydrogen (secondary N) is 1. The minimum Gasteiger partial charge on any atom is -0.489 e. The number of aryl methyl sites for hydroxylation is 2. The third-order valence-electron chi connectivity index (χ3n) is 6.76. The maximum atomic E-state index is 11.4. The van der Waals surface area contributed by atoms with Gasteiger partial charge in [-0.05, 0) is 56.4 Å². The molecule has 1 aliphatic rings. The fraction of sp³-hybridized carbons (Fsp3) is 0.333. The second-order valence-electron chi connectivity index (χ2n) is 9.38. The molecule has 0 spiro atoms. The van der Waals surface area contributed by atoms with Crippen molar-refractivity contribution in [3.8, 4) is 28.3 Å². The fourth-order valence-electron chi connectivity index (χ4n) is 4.69. The summed E-state index contributed by atoms with van der Waals surface area (Å²) in [6.45, 7) is 2.26. The zero-order chi connectivity index (χ0) is 26.6. The number of ether oxygens (including phenoxy) is 1. The van der Waals surface area contributed by atoms with Gasteiger partial charge in [0.2, 0.25) is 0 Å². The van der Waals surface area contributed by atoms with Crippen LogP contribution in [0.1, 0.15) is 37.1 Å². The number of aliphatic carboxylic acids is 1. The Balaban J connectivity index is 1.31. The molecule has 11 heteroatoms. The van der Waals surface area contributed by atoms with E-state index in [0.717, 1.165) is 29.7 Å². The molecule has 3 aromatic heterocycles. The lowest BCUT2D eigenvalue weighted by atomic mass is 9.87. The summed E-state index contributed by atoms with van der Waals surface area (Å²) in [7, 11) is 1.82. The van der Waals surface area contributed by atoms with Gasteiger partial charge in [0.05, 0.1) is 35.6 Å². The monoisotopic (exact) mass is 533 g/mol. The van der Waals surface area contributed by atoms with Crippen molar-refractivity contribution >= 4 is 23.4 Å². The van der Waals surface area contributed by atoms with E-state index in [1.807, 2.05) is 62.5 Å². The molecule has 2 N–H and O–H groups in total. The summed E-state index contributed by atoms with van der Waals surface area (Å²) in [4.78, 5) is 16.1. The van der Waals surface area contributed by atoms with Crippen LogP contribution in [0.25, 0.3) is 22.5 Å². The molecule has 196 valence electrons. The largest absolute Gasteiger partial charge is 0.489 e. The normalized spacial score (nSPS) is 17.2. The van der Waals surface area contributed by atoms with Crippen molar-refractivity contribution in [2.45, 2.75) is 45.3 Å². The van der Waals surface area contributed by atoms with E-state index < -0.39 is 5.97 Å². The smallest absolute Gasteiger partial charge is 0.306 e. The Morgan fingerprint density at radius 2 is 1.97 bits per heavy atom. The van der Waals surface area contributed by atoms with Gasteiger partial charge < -0.3 is 15.2 Å². The Hall–Kier alpha value is -4.05. The Morgan fingerprint density at radius 1 is 1.16 bits per heavy atom. The van der Waals surface area contributed by atoms with Gasteiger partial charge in [0.25, 0.3) is 0 Å². The summed E-state index contributed by atoms with van der Waals surface area (Å²) in [6.07, 6.45) is 2.76. The van der Waals surface area contributed by atoms with E-state index in [9.17, 15) is 9.90 Å². The van der Waals surface area contributed by atoms with E-state index in [4.69, 9.17) is 21.3 Å². The topological polar surface area (TPSA) is 128 Å². The molecule has 2 atom stereocenters. The van der Waals surface area contributed by atoms with E-state index in [1.54, 1.807) is 4.68 Å². The average molecular weight is 534 g/mol. The number of benzene rings is 1. The van der Waals surface area contributed by atoms with Crippen LogP contribution in [0.5, 0.6) is 5.75 Å². The number of nitrogens with zero attached hydrogens (tertiary/aromatic N) is 6. The predicted octanol–water partition coefficient (Wildman–Crippen LogP) is 4.93. The lowest BCUT2D eigenvalue weighted by molar-refractivity contribution is -0.143. The number of hydrogen-bond acceptors (Lipinski definition) is 8. The molecule has 1 saturated carbocycles. The Kier molecular flexibility index (Phi) is 7.50. The third kappa shape index (κ3) is 5.60. The number of carboxylic acids is 1. The van der Waals surface area contributed by atoms with E-state index in [2.05, 4.69) is 25.8 Å². The SMILES string of the molecule is Cc1nc(-c2nnn(C)c2CNc2cc(-c3ccccc3)c(Cl)nn2)ccc1O[C@H]1CCC[C@H](C(=O)O)C1. The van der Waals surface area contributed by atoms with E-state index in [0.29, 0.717) is 53.2 Å². The highest BCUT2D eigenvalue weighted by molar-refractivity contribution is 6.32. The molecule has 38 heavy (non-hydrogen) atoms. The van der Waals surface area contributed by atoms with Crippen LogP contribution in [-0.4, -0.2) is 47.4 Å². The highest BCUT2D eigenvalue weighted by Gasteiger charge is 2.28. The first-order chi connectivity index (χ1) is 18.4. The molecule has 3 heterocycles. The molecule has 0 unspecified atom stereocenters. The number of aromatic nitrogens is 6. The van der Waals surface area contributed by atoms with Gasteiger partial charge in [-0.3, -0.25) is 4.79 Å². The summed E-state index contributed by atoms with van der Waals surface area (Å²) >= 11 is 6.30. The van der Waals surface area contributed by atoms with Gasteiger partial charge in [-0.25, -0.2) is 9.67 Å². The number of anilines is 1. The molecular weight excluding hydrogens is 506 g/mol. The molecule has 1 fully saturated rings. The van der Waals surface area contributed by atoms with Gasteiger partial charge in [-0.2, -0.15) is 0 Å². The molecule has 5 rings (SSSR count). The van der Waals surface area contributed by atoms with Crippen LogP contribution in [0.2, 0.25) is 5.15 Å². The van der Waals surface area contributed by atoms with Crippen LogP contribution in [0, 0.1) is 12.8 Å². The minimum atomic E-state index is -0.756. The van der Waals surface area contributed by atoms with Gasteiger partial charge in [-0.1, -0.05) is 47.1 Å². The Morgan fingerprint density at radius 3 is 2.74 bits per heavy atom. The first-order valence-electron chi connectivity index (χ1n) is 12.5. The van der Waals surface area contributed by atoms with Gasteiger partial charge in [0.15, 0.2) is 5.15 Å². The van der Waals surface area contributed by atoms with Crippen molar-refractivity contribution in [3.63, 3.8) is 0 Å². The lowest BCUT2D eigenvalue weighted by Gasteiger charge is -2.27.